The van der Waals surface area contributed by atoms with Crippen LogP contribution in [0, 0.1) is 13.8 Å². The van der Waals surface area contributed by atoms with Crippen molar-refractivity contribution in [2.45, 2.75) is 26.7 Å². The van der Waals surface area contributed by atoms with Crippen molar-refractivity contribution in [2.24, 2.45) is 0 Å². The Morgan fingerprint density at radius 3 is 2.41 bits per heavy atom. The van der Waals surface area contributed by atoms with Gasteiger partial charge in [-0.25, -0.2) is 0 Å². The Balaban J connectivity index is 1.73. The average molecular weight is 384 g/mol. The molecule has 1 heterocycles. The minimum absolute atomic E-state index is 0.540. The molecule has 0 amide bonds. The van der Waals surface area contributed by atoms with Gasteiger partial charge in [0.1, 0.15) is 23.4 Å². The number of aldehydes is 1. The topological polar surface area (TPSA) is 39.4 Å². The summed E-state index contributed by atoms with van der Waals surface area (Å²) in [5.41, 5.74) is 7.80. The molecule has 3 heteroatoms. The zero-order chi connectivity index (χ0) is 20.4. The first-order chi connectivity index (χ1) is 14.1. The van der Waals surface area contributed by atoms with Gasteiger partial charge in [0.25, 0.3) is 0 Å². The second-order valence-corrected chi connectivity index (χ2v) is 7.41. The summed E-state index contributed by atoms with van der Waals surface area (Å²) in [6, 6.07) is 20.8. The molecule has 0 saturated carbocycles. The molecule has 0 N–H and O–H groups in total. The van der Waals surface area contributed by atoms with E-state index in [2.05, 4.69) is 62.4 Å². The van der Waals surface area contributed by atoms with Crippen LogP contribution in [0.25, 0.3) is 33.4 Å². The lowest BCUT2D eigenvalue weighted by molar-refractivity contribution is -0.107. The van der Waals surface area contributed by atoms with Crippen molar-refractivity contribution < 1.29 is 13.9 Å². The molecule has 0 aliphatic heterocycles. The molecule has 0 radical (unpaired) electrons. The molecule has 0 spiro atoms. The van der Waals surface area contributed by atoms with Crippen molar-refractivity contribution in [3.05, 3.63) is 77.4 Å². The van der Waals surface area contributed by atoms with Gasteiger partial charge in [-0.05, 0) is 84.5 Å². The molecule has 0 fully saturated rings. The first kappa shape index (κ1) is 19.0. The number of furan rings is 1. The molecule has 29 heavy (non-hydrogen) atoms. The number of fused-ring (bicyclic) bond motifs is 1. The Morgan fingerprint density at radius 2 is 1.69 bits per heavy atom. The zero-order valence-corrected chi connectivity index (χ0v) is 17.0. The van der Waals surface area contributed by atoms with Gasteiger partial charge in [-0.3, -0.25) is 0 Å². The quantitative estimate of drug-likeness (QED) is 0.355. The molecular weight excluding hydrogens is 360 g/mol. The molecule has 0 atom stereocenters. The zero-order valence-electron chi connectivity index (χ0n) is 17.0. The number of rotatable bonds is 6. The lowest BCUT2D eigenvalue weighted by atomic mass is 9.94. The van der Waals surface area contributed by atoms with E-state index in [-0.39, 0.29) is 0 Å². The number of ether oxygens (including phenoxy) is 1. The molecular formula is C26H24O3. The average Bonchev–Trinajstić information content (AvgIpc) is 3.15. The van der Waals surface area contributed by atoms with Crippen LogP contribution in [0.2, 0.25) is 0 Å². The summed E-state index contributed by atoms with van der Waals surface area (Å²) >= 11 is 0. The standard InChI is InChI=1S/C26H24O3/c1-17-12-23(28-3)13-18(2)26(17)21-8-4-7-20(15-21)25-16-22-14-19(6-5-11-27)9-10-24(22)29-25/h4,7-16H,5-6H2,1-3H3. The number of benzene rings is 3. The lowest BCUT2D eigenvalue weighted by Crippen LogP contribution is -1.92. The van der Waals surface area contributed by atoms with Crippen molar-refractivity contribution in [3.63, 3.8) is 0 Å². The van der Waals surface area contributed by atoms with Gasteiger partial charge in [0.2, 0.25) is 0 Å². The van der Waals surface area contributed by atoms with Crippen molar-refractivity contribution >= 4 is 17.3 Å². The summed E-state index contributed by atoms with van der Waals surface area (Å²) < 4.78 is 11.5. The number of hydrogen-bond donors (Lipinski definition) is 0. The predicted molar refractivity (Wildman–Crippen MR) is 117 cm³/mol. The summed E-state index contributed by atoms with van der Waals surface area (Å²) in [4.78, 5) is 10.6. The highest BCUT2D eigenvalue weighted by Gasteiger charge is 2.12. The molecule has 0 unspecified atom stereocenters. The Hall–Kier alpha value is -3.33. The monoisotopic (exact) mass is 384 g/mol. The van der Waals surface area contributed by atoms with Crippen LogP contribution in [-0.4, -0.2) is 13.4 Å². The maximum atomic E-state index is 10.6. The fourth-order valence-corrected chi connectivity index (χ4v) is 3.94. The van der Waals surface area contributed by atoms with Crippen LogP contribution >= 0.6 is 0 Å². The van der Waals surface area contributed by atoms with Crippen molar-refractivity contribution in [2.75, 3.05) is 7.11 Å². The third-order valence-corrected chi connectivity index (χ3v) is 5.31. The summed E-state index contributed by atoms with van der Waals surface area (Å²) in [7, 11) is 1.69. The fraction of sp³-hybridized carbons (Fsp3) is 0.192. The summed E-state index contributed by atoms with van der Waals surface area (Å²) in [5, 5.41) is 1.06. The van der Waals surface area contributed by atoms with E-state index in [4.69, 9.17) is 9.15 Å². The second-order valence-electron chi connectivity index (χ2n) is 7.41. The molecule has 3 aromatic carbocycles. The highest BCUT2D eigenvalue weighted by molar-refractivity contribution is 5.85. The molecule has 0 bridgehead atoms. The predicted octanol–water partition coefficient (Wildman–Crippen LogP) is 6.52. The fourth-order valence-electron chi connectivity index (χ4n) is 3.94. The smallest absolute Gasteiger partial charge is 0.135 e. The number of methoxy groups -OCH3 is 1. The largest absolute Gasteiger partial charge is 0.497 e. The van der Waals surface area contributed by atoms with Crippen molar-refractivity contribution in [3.8, 4) is 28.2 Å². The molecule has 3 nitrogen and oxygen atoms in total. The first-order valence-corrected chi connectivity index (χ1v) is 9.81. The molecule has 4 aromatic rings. The molecule has 0 aliphatic carbocycles. The summed E-state index contributed by atoms with van der Waals surface area (Å²) in [6.45, 7) is 4.22. The van der Waals surface area contributed by atoms with E-state index >= 15 is 0 Å². The van der Waals surface area contributed by atoms with E-state index in [0.29, 0.717) is 6.42 Å². The van der Waals surface area contributed by atoms with Crippen LogP contribution in [0.3, 0.4) is 0 Å². The van der Waals surface area contributed by atoms with Crippen molar-refractivity contribution in [1.29, 1.82) is 0 Å². The second kappa shape index (κ2) is 7.96. The van der Waals surface area contributed by atoms with Gasteiger partial charge in [0, 0.05) is 17.4 Å². The van der Waals surface area contributed by atoms with E-state index in [0.717, 1.165) is 51.9 Å². The minimum atomic E-state index is 0.540. The van der Waals surface area contributed by atoms with Gasteiger partial charge in [-0.15, -0.1) is 0 Å². The molecule has 146 valence electrons. The van der Waals surface area contributed by atoms with E-state index in [1.165, 1.54) is 16.7 Å². The van der Waals surface area contributed by atoms with E-state index in [1.807, 2.05) is 12.1 Å². The van der Waals surface area contributed by atoms with Crippen LogP contribution in [0.15, 0.2) is 65.1 Å². The number of carbonyl (C=O) groups is 1. The summed E-state index contributed by atoms with van der Waals surface area (Å²) in [6.07, 6.45) is 2.25. The SMILES string of the molecule is COc1cc(C)c(-c2cccc(-c3cc4cc(CCC=O)ccc4o3)c2)c(C)c1. The van der Waals surface area contributed by atoms with Gasteiger partial charge in [-0.2, -0.15) is 0 Å². The van der Waals surface area contributed by atoms with Crippen LogP contribution in [-0.2, 0) is 11.2 Å². The normalized spacial score (nSPS) is 11.0. The van der Waals surface area contributed by atoms with E-state index < -0.39 is 0 Å². The van der Waals surface area contributed by atoms with Gasteiger partial charge >= 0.3 is 0 Å². The molecule has 0 saturated heterocycles. The van der Waals surface area contributed by atoms with Gasteiger partial charge in [0.15, 0.2) is 0 Å². The molecule has 0 aliphatic rings. The van der Waals surface area contributed by atoms with Crippen LogP contribution in [0.5, 0.6) is 5.75 Å². The lowest BCUT2D eigenvalue weighted by Gasteiger charge is -2.13. The summed E-state index contributed by atoms with van der Waals surface area (Å²) in [5.74, 6) is 1.72. The van der Waals surface area contributed by atoms with Gasteiger partial charge in [-0.1, -0.05) is 24.3 Å². The van der Waals surface area contributed by atoms with Crippen LogP contribution < -0.4 is 4.74 Å². The number of hydrogen-bond acceptors (Lipinski definition) is 3. The first-order valence-electron chi connectivity index (χ1n) is 9.81. The molecule has 1 aromatic heterocycles. The van der Waals surface area contributed by atoms with Crippen molar-refractivity contribution in [1.82, 2.24) is 0 Å². The number of aryl methyl sites for hydroxylation is 3. The van der Waals surface area contributed by atoms with E-state index in [1.54, 1.807) is 7.11 Å². The highest BCUT2D eigenvalue weighted by Crippen LogP contribution is 2.35. The Kier molecular flexibility index (Phi) is 5.22. The Morgan fingerprint density at radius 1 is 0.931 bits per heavy atom. The highest BCUT2D eigenvalue weighted by atomic mass is 16.5. The maximum absolute atomic E-state index is 10.6. The van der Waals surface area contributed by atoms with Crippen LogP contribution in [0.4, 0.5) is 0 Å². The van der Waals surface area contributed by atoms with Gasteiger partial charge < -0.3 is 13.9 Å². The Labute approximate surface area is 170 Å². The minimum Gasteiger partial charge on any atom is -0.497 e. The third kappa shape index (κ3) is 3.81. The Bertz CT molecular complexity index is 1160. The number of carbonyl (C=O) groups excluding carboxylic acids is 1. The van der Waals surface area contributed by atoms with E-state index in [9.17, 15) is 4.79 Å². The van der Waals surface area contributed by atoms with Gasteiger partial charge in [0.05, 0.1) is 7.11 Å². The van der Waals surface area contributed by atoms with Crippen LogP contribution in [0.1, 0.15) is 23.1 Å². The molecule has 4 rings (SSSR count). The third-order valence-electron chi connectivity index (χ3n) is 5.31. The maximum Gasteiger partial charge on any atom is 0.135 e.